The molecule has 6 heteroatoms. The number of hydrogen-bond acceptors (Lipinski definition) is 3. The molecule has 1 aromatic rings. The Bertz CT molecular complexity index is 455. The van der Waals surface area contributed by atoms with Crippen molar-refractivity contribution < 1.29 is 9.18 Å². The van der Waals surface area contributed by atoms with Crippen LogP contribution in [0.3, 0.4) is 0 Å². The summed E-state index contributed by atoms with van der Waals surface area (Å²) < 4.78 is 14.2. The van der Waals surface area contributed by atoms with Crippen molar-refractivity contribution in [2.24, 2.45) is 0 Å². The van der Waals surface area contributed by atoms with Crippen LogP contribution < -0.4 is 10.6 Å². The second-order valence-electron chi connectivity index (χ2n) is 4.38. The van der Waals surface area contributed by atoms with Crippen molar-refractivity contribution >= 4 is 27.5 Å². The van der Waals surface area contributed by atoms with Crippen LogP contribution in [-0.2, 0) is 4.79 Å². The molecule has 1 aromatic carbocycles. The van der Waals surface area contributed by atoms with Gasteiger partial charge in [0.05, 0.1) is 11.7 Å². The number of carbonyl (C=O) groups is 1. The fourth-order valence-corrected chi connectivity index (χ4v) is 2.25. The van der Waals surface area contributed by atoms with E-state index in [4.69, 9.17) is 0 Å². The third-order valence-electron chi connectivity index (χ3n) is 2.88. The lowest BCUT2D eigenvalue weighted by molar-refractivity contribution is -0.119. The molecule has 2 N–H and O–H groups in total. The van der Waals surface area contributed by atoms with Crippen LogP contribution in [0.4, 0.5) is 10.1 Å². The predicted octanol–water partition coefficient (Wildman–Crippen LogP) is 1.43. The summed E-state index contributed by atoms with van der Waals surface area (Å²) in [6.07, 6.45) is 0. The van der Waals surface area contributed by atoms with Gasteiger partial charge in [-0.15, -0.1) is 0 Å². The number of piperazine rings is 1. The molecule has 1 fully saturated rings. The van der Waals surface area contributed by atoms with Crippen LogP contribution in [0.15, 0.2) is 22.7 Å². The molecule has 98 valence electrons. The van der Waals surface area contributed by atoms with Crippen LogP contribution in [0, 0.1) is 5.82 Å². The topological polar surface area (TPSA) is 44.4 Å². The monoisotopic (exact) mass is 315 g/mol. The zero-order valence-corrected chi connectivity index (χ0v) is 11.6. The molecule has 18 heavy (non-hydrogen) atoms. The zero-order valence-electron chi connectivity index (χ0n) is 10.0. The molecular formula is C12H15BrFN3O. The lowest BCUT2D eigenvalue weighted by Gasteiger charge is -2.29. The number of nitrogens with zero attached hydrogens (tertiary/aromatic N) is 1. The molecule has 1 saturated heterocycles. The van der Waals surface area contributed by atoms with Crippen molar-refractivity contribution in [3.8, 4) is 0 Å². The van der Waals surface area contributed by atoms with E-state index in [1.807, 2.05) is 7.05 Å². The second-order valence-corrected chi connectivity index (χ2v) is 5.30. The van der Waals surface area contributed by atoms with Crippen molar-refractivity contribution in [2.75, 3.05) is 32.0 Å². The third kappa shape index (κ3) is 3.28. The average Bonchev–Trinajstić information content (AvgIpc) is 2.34. The summed E-state index contributed by atoms with van der Waals surface area (Å²) in [5, 5.41) is 5.72. The van der Waals surface area contributed by atoms with Gasteiger partial charge >= 0.3 is 0 Å². The van der Waals surface area contributed by atoms with Gasteiger partial charge in [-0.2, -0.15) is 0 Å². The van der Waals surface area contributed by atoms with Gasteiger partial charge in [-0.1, -0.05) is 15.9 Å². The number of halogens is 2. The highest BCUT2D eigenvalue weighted by molar-refractivity contribution is 9.10. The summed E-state index contributed by atoms with van der Waals surface area (Å²) in [4.78, 5) is 14.1. The first-order valence-electron chi connectivity index (χ1n) is 5.74. The Morgan fingerprint density at radius 3 is 3.11 bits per heavy atom. The molecule has 0 bridgehead atoms. The van der Waals surface area contributed by atoms with Gasteiger partial charge in [-0.3, -0.25) is 4.79 Å². The minimum atomic E-state index is -0.435. The minimum absolute atomic E-state index is 0.199. The zero-order chi connectivity index (χ0) is 13.1. The van der Waals surface area contributed by atoms with Crippen LogP contribution in [0.1, 0.15) is 0 Å². The van der Waals surface area contributed by atoms with Crippen molar-refractivity contribution in [1.29, 1.82) is 0 Å². The van der Waals surface area contributed by atoms with Gasteiger partial charge in [0.15, 0.2) is 0 Å². The fourth-order valence-electron chi connectivity index (χ4n) is 1.89. The van der Waals surface area contributed by atoms with Crippen LogP contribution in [0.25, 0.3) is 0 Å². The summed E-state index contributed by atoms with van der Waals surface area (Å²) in [7, 11) is 1.96. The molecule has 1 amide bonds. The Balaban J connectivity index is 2.04. The van der Waals surface area contributed by atoms with Gasteiger partial charge in [0.2, 0.25) is 5.91 Å². The SMILES string of the molecule is CN1CCNC(C(=O)Nc2cc(Br)ccc2F)C1. The molecule has 2 rings (SSSR count). The number of hydrogen-bond donors (Lipinski definition) is 2. The molecule has 1 aliphatic rings. The molecule has 1 heterocycles. The van der Waals surface area contributed by atoms with Gasteiger partial charge in [-0.25, -0.2) is 4.39 Å². The van der Waals surface area contributed by atoms with E-state index in [0.29, 0.717) is 6.54 Å². The standard InChI is InChI=1S/C12H15BrFN3O/c1-17-5-4-15-11(7-17)12(18)16-10-6-8(13)2-3-9(10)14/h2-3,6,11,15H,4-5,7H2,1H3,(H,16,18). The number of anilines is 1. The lowest BCUT2D eigenvalue weighted by atomic mass is 10.2. The van der Waals surface area contributed by atoms with E-state index >= 15 is 0 Å². The van der Waals surface area contributed by atoms with Gasteiger partial charge < -0.3 is 15.5 Å². The largest absolute Gasteiger partial charge is 0.322 e. The lowest BCUT2D eigenvalue weighted by Crippen LogP contribution is -2.54. The summed E-state index contributed by atoms with van der Waals surface area (Å²) in [5.74, 6) is -0.644. The molecule has 0 saturated carbocycles. The number of carbonyl (C=O) groups excluding carboxylic acids is 1. The van der Waals surface area contributed by atoms with Crippen molar-refractivity contribution in [2.45, 2.75) is 6.04 Å². The van der Waals surface area contributed by atoms with E-state index in [1.54, 1.807) is 12.1 Å². The number of rotatable bonds is 2. The Kier molecular flexibility index (Phi) is 4.31. The molecular weight excluding hydrogens is 301 g/mol. The fraction of sp³-hybridized carbons (Fsp3) is 0.417. The number of likely N-dealkylation sites (N-methyl/N-ethyl adjacent to an activating group) is 1. The normalized spacial score (nSPS) is 20.7. The Hall–Kier alpha value is -0.980. The van der Waals surface area contributed by atoms with Gasteiger partial charge in [0.1, 0.15) is 5.82 Å². The minimum Gasteiger partial charge on any atom is -0.322 e. The third-order valence-corrected chi connectivity index (χ3v) is 3.37. The van der Waals surface area contributed by atoms with Crippen LogP contribution >= 0.6 is 15.9 Å². The summed E-state index contributed by atoms with van der Waals surface area (Å²) in [6, 6.07) is 4.17. The molecule has 0 aromatic heterocycles. The van der Waals surface area contributed by atoms with E-state index < -0.39 is 5.82 Å². The van der Waals surface area contributed by atoms with E-state index in [0.717, 1.165) is 17.6 Å². The first kappa shape index (κ1) is 13.5. The summed E-state index contributed by atoms with van der Waals surface area (Å²) in [5.41, 5.74) is 0.199. The van der Waals surface area contributed by atoms with Crippen LogP contribution in [0.2, 0.25) is 0 Å². The molecule has 1 unspecified atom stereocenters. The number of nitrogens with one attached hydrogen (secondary N) is 2. The maximum atomic E-state index is 13.5. The Morgan fingerprint density at radius 1 is 1.61 bits per heavy atom. The highest BCUT2D eigenvalue weighted by Gasteiger charge is 2.23. The van der Waals surface area contributed by atoms with Gasteiger partial charge in [0.25, 0.3) is 0 Å². The second kappa shape index (κ2) is 5.77. The highest BCUT2D eigenvalue weighted by Crippen LogP contribution is 2.20. The van der Waals surface area contributed by atoms with E-state index in [2.05, 4.69) is 31.5 Å². The maximum absolute atomic E-state index is 13.5. The van der Waals surface area contributed by atoms with E-state index in [9.17, 15) is 9.18 Å². The van der Waals surface area contributed by atoms with E-state index in [-0.39, 0.29) is 17.6 Å². The van der Waals surface area contributed by atoms with Crippen molar-refractivity contribution in [3.05, 3.63) is 28.5 Å². The Labute approximate surface area is 114 Å². The Morgan fingerprint density at radius 2 is 2.39 bits per heavy atom. The molecule has 0 radical (unpaired) electrons. The number of amides is 1. The van der Waals surface area contributed by atoms with Gasteiger partial charge in [0, 0.05) is 24.1 Å². The van der Waals surface area contributed by atoms with E-state index in [1.165, 1.54) is 6.07 Å². The molecule has 0 spiro atoms. The first-order valence-corrected chi connectivity index (χ1v) is 6.53. The summed E-state index contributed by atoms with van der Waals surface area (Å²) in [6.45, 7) is 2.30. The smallest absolute Gasteiger partial charge is 0.242 e. The quantitative estimate of drug-likeness (QED) is 0.868. The average molecular weight is 316 g/mol. The van der Waals surface area contributed by atoms with Crippen LogP contribution in [0.5, 0.6) is 0 Å². The van der Waals surface area contributed by atoms with Crippen molar-refractivity contribution in [1.82, 2.24) is 10.2 Å². The molecule has 4 nitrogen and oxygen atoms in total. The highest BCUT2D eigenvalue weighted by atomic mass is 79.9. The first-order chi connectivity index (χ1) is 8.56. The molecule has 1 aliphatic heterocycles. The van der Waals surface area contributed by atoms with Gasteiger partial charge in [-0.05, 0) is 25.2 Å². The molecule has 0 aliphatic carbocycles. The molecule has 1 atom stereocenters. The summed E-state index contributed by atoms with van der Waals surface area (Å²) >= 11 is 3.25. The van der Waals surface area contributed by atoms with Crippen molar-refractivity contribution in [3.63, 3.8) is 0 Å². The maximum Gasteiger partial charge on any atom is 0.242 e. The van der Waals surface area contributed by atoms with Crippen LogP contribution in [-0.4, -0.2) is 43.5 Å². The predicted molar refractivity (Wildman–Crippen MR) is 72.0 cm³/mol. The number of benzene rings is 1.